The molecule has 0 radical (unpaired) electrons. The van der Waals surface area contributed by atoms with Crippen molar-refractivity contribution in [2.45, 2.75) is 0 Å². The summed E-state index contributed by atoms with van der Waals surface area (Å²) in [6.45, 7) is 0. The minimum absolute atomic E-state index is 0.0349. The molecular formula is C15H7N3O5. The summed E-state index contributed by atoms with van der Waals surface area (Å²) in [7, 11) is 0. The van der Waals surface area contributed by atoms with Gasteiger partial charge in [-0.05, 0) is 24.3 Å². The number of nitrogens with one attached hydrogen (secondary N) is 1. The van der Waals surface area contributed by atoms with Crippen molar-refractivity contribution >= 4 is 17.8 Å². The van der Waals surface area contributed by atoms with Crippen molar-refractivity contribution in [3.8, 4) is 6.07 Å². The Morgan fingerprint density at radius 2 is 1.65 bits per heavy atom. The Balaban J connectivity index is 1.88. The number of fused-ring (bicyclic) bond motifs is 1. The molecule has 0 atom stereocenters. The zero-order valence-corrected chi connectivity index (χ0v) is 11.4. The molecule has 112 valence electrons. The van der Waals surface area contributed by atoms with Crippen molar-refractivity contribution in [3.63, 3.8) is 0 Å². The molecule has 0 saturated carbocycles. The van der Waals surface area contributed by atoms with Crippen LogP contribution in [-0.4, -0.2) is 27.8 Å². The fraction of sp³-hybridized carbons (Fsp3) is 0. The van der Waals surface area contributed by atoms with Gasteiger partial charge in [0.2, 0.25) is 0 Å². The number of nitrogens with zero attached hydrogens (tertiary/aromatic N) is 2. The first-order valence-corrected chi connectivity index (χ1v) is 6.36. The molecule has 0 bridgehead atoms. The van der Waals surface area contributed by atoms with Gasteiger partial charge in [-0.15, -0.1) is 0 Å². The normalized spacial score (nSPS) is 12.7. The van der Waals surface area contributed by atoms with Crippen molar-refractivity contribution in [3.05, 3.63) is 69.1 Å². The maximum Gasteiger partial charge on any atom is 0.369 e. The fourth-order valence-corrected chi connectivity index (χ4v) is 2.08. The van der Waals surface area contributed by atoms with Crippen molar-refractivity contribution in [2.24, 2.45) is 0 Å². The van der Waals surface area contributed by atoms with Crippen molar-refractivity contribution in [1.82, 2.24) is 10.0 Å². The van der Waals surface area contributed by atoms with E-state index in [0.717, 1.165) is 6.07 Å². The molecule has 1 N–H and O–H groups in total. The summed E-state index contributed by atoms with van der Waals surface area (Å²) in [4.78, 5) is 54.7. The van der Waals surface area contributed by atoms with E-state index in [1.807, 2.05) is 0 Å². The van der Waals surface area contributed by atoms with Gasteiger partial charge < -0.3 is 9.82 Å². The van der Waals surface area contributed by atoms with Crippen molar-refractivity contribution in [2.75, 3.05) is 0 Å². The molecule has 0 fully saturated rings. The fourth-order valence-electron chi connectivity index (χ4n) is 2.08. The van der Waals surface area contributed by atoms with E-state index in [0.29, 0.717) is 5.06 Å². The molecule has 1 aromatic carbocycles. The van der Waals surface area contributed by atoms with E-state index < -0.39 is 28.9 Å². The van der Waals surface area contributed by atoms with Crippen LogP contribution in [0.4, 0.5) is 0 Å². The van der Waals surface area contributed by atoms with Crippen LogP contribution in [0, 0.1) is 11.3 Å². The number of H-pyrrole nitrogens is 1. The Morgan fingerprint density at radius 1 is 1.04 bits per heavy atom. The highest BCUT2D eigenvalue weighted by atomic mass is 16.7. The van der Waals surface area contributed by atoms with E-state index in [1.165, 1.54) is 18.2 Å². The lowest BCUT2D eigenvalue weighted by atomic mass is 10.1. The number of aromatic amines is 1. The predicted molar refractivity (Wildman–Crippen MR) is 74.1 cm³/mol. The van der Waals surface area contributed by atoms with Gasteiger partial charge in [0.15, 0.2) is 0 Å². The number of nitriles is 1. The third kappa shape index (κ3) is 2.26. The molecular weight excluding hydrogens is 302 g/mol. The summed E-state index contributed by atoms with van der Waals surface area (Å²) in [6, 6.07) is 9.99. The number of imide groups is 1. The molecule has 2 heterocycles. The minimum atomic E-state index is -1.18. The third-order valence-electron chi connectivity index (χ3n) is 3.18. The maximum atomic E-state index is 12.1. The van der Waals surface area contributed by atoms with Crippen LogP contribution in [-0.2, 0) is 4.84 Å². The van der Waals surface area contributed by atoms with Crippen LogP contribution >= 0.6 is 0 Å². The second-order valence-corrected chi connectivity index (χ2v) is 4.56. The second kappa shape index (κ2) is 5.23. The van der Waals surface area contributed by atoms with E-state index in [-0.39, 0.29) is 16.8 Å². The van der Waals surface area contributed by atoms with Gasteiger partial charge >= 0.3 is 5.97 Å². The molecule has 0 unspecified atom stereocenters. The highest BCUT2D eigenvalue weighted by Crippen LogP contribution is 2.23. The first kappa shape index (κ1) is 14.2. The molecule has 3 rings (SSSR count). The Morgan fingerprint density at radius 3 is 2.17 bits per heavy atom. The van der Waals surface area contributed by atoms with Crippen LogP contribution in [0.1, 0.15) is 36.8 Å². The van der Waals surface area contributed by atoms with Crippen LogP contribution in [0.15, 0.2) is 41.2 Å². The van der Waals surface area contributed by atoms with Gasteiger partial charge in [0, 0.05) is 0 Å². The van der Waals surface area contributed by atoms with Gasteiger partial charge in [0.25, 0.3) is 17.4 Å². The van der Waals surface area contributed by atoms with Gasteiger partial charge in [0.1, 0.15) is 17.3 Å². The lowest BCUT2D eigenvalue weighted by Gasteiger charge is -2.12. The van der Waals surface area contributed by atoms with Crippen molar-refractivity contribution < 1.29 is 19.2 Å². The maximum absolute atomic E-state index is 12.1. The number of carbonyl (C=O) groups is 3. The molecule has 23 heavy (non-hydrogen) atoms. The monoisotopic (exact) mass is 309 g/mol. The average molecular weight is 309 g/mol. The molecule has 2 amide bonds. The molecule has 8 nitrogen and oxygen atoms in total. The lowest BCUT2D eigenvalue weighted by Crippen LogP contribution is -2.34. The molecule has 2 aromatic rings. The molecule has 1 aliphatic rings. The number of aromatic nitrogens is 1. The number of hydrogen-bond acceptors (Lipinski definition) is 6. The predicted octanol–water partition coefficient (Wildman–Crippen LogP) is 0.615. The zero-order valence-electron chi connectivity index (χ0n) is 11.4. The van der Waals surface area contributed by atoms with Gasteiger partial charge in [-0.3, -0.25) is 14.4 Å². The highest BCUT2D eigenvalue weighted by molar-refractivity contribution is 6.21. The summed E-state index contributed by atoms with van der Waals surface area (Å²) in [5, 5.41) is 8.97. The Bertz CT molecular complexity index is 919. The number of pyridine rings is 1. The van der Waals surface area contributed by atoms with E-state index in [4.69, 9.17) is 10.1 Å². The largest absolute Gasteiger partial charge is 0.369 e. The molecule has 0 aliphatic carbocycles. The van der Waals surface area contributed by atoms with Crippen molar-refractivity contribution in [1.29, 1.82) is 5.26 Å². The smallest absolute Gasteiger partial charge is 0.324 e. The summed E-state index contributed by atoms with van der Waals surface area (Å²) in [5.74, 6) is -2.75. The summed E-state index contributed by atoms with van der Waals surface area (Å²) < 4.78 is 0. The molecule has 8 heteroatoms. The molecule has 1 aromatic heterocycles. The Kier molecular flexibility index (Phi) is 3.23. The quantitative estimate of drug-likeness (QED) is 0.812. The van der Waals surface area contributed by atoms with Gasteiger partial charge in [-0.2, -0.15) is 5.26 Å². The SMILES string of the molecule is N#Cc1ccc(C(=O)ON2C(=O)c3ccccc3C2=O)c(=O)[nH]1. The number of carbonyl (C=O) groups excluding carboxylic acids is 3. The van der Waals surface area contributed by atoms with E-state index in [1.54, 1.807) is 18.2 Å². The number of hydroxylamine groups is 2. The Hall–Kier alpha value is -3.73. The summed E-state index contributed by atoms with van der Waals surface area (Å²) in [5.41, 5.74) is -1.10. The zero-order chi connectivity index (χ0) is 16.6. The van der Waals surface area contributed by atoms with Crippen LogP contribution in [0.3, 0.4) is 0 Å². The van der Waals surface area contributed by atoms with Crippen LogP contribution in [0.2, 0.25) is 0 Å². The average Bonchev–Trinajstić information content (AvgIpc) is 2.80. The van der Waals surface area contributed by atoms with Gasteiger partial charge in [0.05, 0.1) is 11.1 Å². The van der Waals surface area contributed by atoms with E-state index in [9.17, 15) is 19.2 Å². The van der Waals surface area contributed by atoms with Gasteiger partial charge in [-0.1, -0.05) is 17.2 Å². The van der Waals surface area contributed by atoms with E-state index >= 15 is 0 Å². The summed E-state index contributed by atoms with van der Waals surface area (Å²) in [6.07, 6.45) is 0. The lowest BCUT2D eigenvalue weighted by molar-refractivity contribution is -0.0585. The number of benzene rings is 1. The first-order valence-electron chi connectivity index (χ1n) is 6.36. The Labute approximate surface area is 128 Å². The van der Waals surface area contributed by atoms with Gasteiger partial charge in [-0.25, -0.2) is 4.79 Å². The number of hydrogen-bond donors (Lipinski definition) is 1. The van der Waals surface area contributed by atoms with Crippen LogP contribution < -0.4 is 5.56 Å². The minimum Gasteiger partial charge on any atom is -0.324 e. The molecule has 0 spiro atoms. The topological polar surface area (TPSA) is 120 Å². The number of rotatable bonds is 2. The molecule has 0 saturated heterocycles. The highest BCUT2D eigenvalue weighted by Gasteiger charge is 2.39. The van der Waals surface area contributed by atoms with Crippen LogP contribution in [0.5, 0.6) is 0 Å². The van der Waals surface area contributed by atoms with E-state index in [2.05, 4.69) is 4.98 Å². The van der Waals surface area contributed by atoms with Crippen LogP contribution in [0.25, 0.3) is 0 Å². The summed E-state index contributed by atoms with van der Waals surface area (Å²) >= 11 is 0. The first-order chi connectivity index (χ1) is 11.0. The standard InChI is InChI=1S/C15H7N3O5/c16-7-8-5-6-11(12(19)17-8)15(22)23-18-13(20)9-3-1-2-4-10(9)14(18)21/h1-6H,(H,17,19). The second-order valence-electron chi connectivity index (χ2n) is 4.56. The molecule has 1 aliphatic heterocycles. The number of amides is 2. The third-order valence-corrected chi connectivity index (χ3v) is 3.18.